The van der Waals surface area contributed by atoms with Gasteiger partial charge in [0.25, 0.3) is 0 Å². The van der Waals surface area contributed by atoms with Gasteiger partial charge in [-0.05, 0) is 12.8 Å². The first-order valence-electron chi connectivity index (χ1n) is 4.78. The maximum absolute atomic E-state index is 11.4. The van der Waals surface area contributed by atoms with Crippen LogP contribution in [-0.4, -0.2) is 48.2 Å². The number of hydrogen-bond donors (Lipinski definition) is 1. The Balaban J connectivity index is 2.32. The van der Waals surface area contributed by atoms with Crippen molar-refractivity contribution >= 4 is 12.4 Å². The van der Waals surface area contributed by atoms with Crippen molar-refractivity contribution in [2.45, 2.75) is 25.3 Å². The molecule has 1 unspecified atom stereocenters. The second-order valence-corrected chi connectivity index (χ2v) is 3.25. The summed E-state index contributed by atoms with van der Waals surface area (Å²) in [5, 5.41) is 8.48. The third-order valence-corrected chi connectivity index (χ3v) is 2.25. The molecule has 5 nitrogen and oxygen atoms in total. The normalized spacial score (nSPS) is 20.9. The van der Waals surface area contributed by atoms with Crippen LogP contribution in [0.25, 0.3) is 0 Å². The van der Waals surface area contributed by atoms with Crippen molar-refractivity contribution in [2.24, 2.45) is 0 Å². The number of likely N-dealkylation sites (tertiary alicyclic amines) is 1. The fourth-order valence-electron chi connectivity index (χ4n) is 1.50. The average molecular weight is 201 g/mol. The monoisotopic (exact) mass is 201 g/mol. The van der Waals surface area contributed by atoms with Crippen molar-refractivity contribution in [2.75, 3.05) is 19.8 Å². The quantitative estimate of drug-likeness (QED) is 0.371. The fraction of sp³-hybridized carbons (Fsp3) is 0.778. The number of nitrogens with zero attached hydrogens (tertiary/aromatic N) is 1. The van der Waals surface area contributed by atoms with Crippen molar-refractivity contribution < 1.29 is 19.4 Å². The first-order valence-corrected chi connectivity index (χ1v) is 4.78. The number of amides is 1. The number of hydrogen-bond acceptors (Lipinski definition) is 4. The molecule has 1 N–H and O–H groups in total. The zero-order valence-electron chi connectivity index (χ0n) is 8.02. The van der Waals surface area contributed by atoms with Crippen LogP contribution in [-0.2, 0) is 14.3 Å². The molecule has 0 spiro atoms. The van der Waals surface area contributed by atoms with Crippen LogP contribution >= 0.6 is 0 Å². The van der Waals surface area contributed by atoms with Crippen molar-refractivity contribution in [3.63, 3.8) is 0 Å². The molecule has 14 heavy (non-hydrogen) atoms. The summed E-state index contributed by atoms with van der Waals surface area (Å²) in [6.45, 7) is 0.858. The molecule has 1 aliphatic heterocycles. The standard InChI is InChI=1S/C9H15NO4/c11-5-2-6-14-9(13)8-3-1-4-10(8)7-12/h7-8,11H,1-6H2. The van der Waals surface area contributed by atoms with E-state index >= 15 is 0 Å². The molecule has 0 saturated carbocycles. The molecule has 1 rings (SSSR count). The fourth-order valence-corrected chi connectivity index (χ4v) is 1.50. The van der Waals surface area contributed by atoms with Crippen LogP contribution in [0.1, 0.15) is 19.3 Å². The summed E-state index contributed by atoms with van der Waals surface area (Å²) < 4.78 is 4.90. The zero-order chi connectivity index (χ0) is 10.4. The smallest absolute Gasteiger partial charge is 0.328 e. The second kappa shape index (κ2) is 5.59. The van der Waals surface area contributed by atoms with Gasteiger partial charge in [-0.25, -0.2) is 4.79 Å². The molecular formula is C9H15NO4. The van der Waals surface area contributed by atoms with Crippen LogP contribution in [0.3, 0.4) is 0 Å². The van der Waals surface area contributed by atoms with Gasteiger partial charge in [-0.2, -0.15) is 0 Å². The van der Waals surface area contributed by atoms with Gasteiger partial charge in [0.2, 0.25) is 6.41 Å². The van der Waals surface area contributed by atoms with E-state index in [9.17, 15) is 9.59 Å². The summed E-state index contributed by atoms with van der Waals surface area (Å²) in [7, 11) is 0. The molecular weight excluding hydrogens is 186 g/mol. The summed E-state index contributed by atoms with van der Waals surface area (Å²) in [4.78, 5) is 23.4. The van der Waals surface area contributed by atoms with Crippen LogP contribution in [0.5, 0.6) is 0 Å². The third kappa shape index (κ3) is 2.70. The highest BCUT2D eigenvalue weighted by Crippen LogP contribution is 2.16. The van der Waals surface area contributed by atoms with Crippen LogP contribution in [0.4, 0.5) is 0 Å². The Morgan fingerprint density at radius 1 is 1.64 bits per heavy atom. The highest BCUT2D eigenvalue weighted by Gasteiger charge is 2.30. The maximum Gasteiger partial charge on any atom is 0.328 e. The Morgan fingerprint density at radius 2 is 2.43 bits per heavy atom. The zero-order valence-corrected chi connectivity index (χ0v) is 8.02. The minimum atomic E-state index is -0.411. The number of carbonyl (C=O) groups excluding carboxylic acids is 2. The van der Waals surface area contributed by atoms with E-state index in [2.05, 4.69) is 0 Å². The van der Waals surface area contributed by atoms with Gasteiger partial charge in [-0.1, -0.05) is 0 Å². The molecule has 1 fully saturated rings. The summed E-state index contributed by atoms with van der Waals surface area (Å²) in [6, 6.07) is -0.411. The summed E-state index contributed by atoms with van der Waals surface area (Å²) in [6.07, 6.45) is 2.65. The average Bonchev–Trinajstić information content (AvgIpc) is 2.65. The van der Waals surface area contributed by atoms with Gasteiger partial charge in [-0.15, -0.1) is 0 Å². The SMILES string of the molecule is O=CN1CCCC1C(=O)OCCCO. The lowest BCUT2D eigenvalue weighted by Gasteiger charge is -2.17. The van der Waals surface area contributed by atoms with Gasteiger partial charge in [0.15, 0.2) is 0 Å². The molecule has 1 saturated heterocycles. The van der Waals surface area contributed by atoms with Gasteiger partial charge >= 0.3 is 5.97 Å². The molecule has 1 heterocycles. The largest absolute Gasteiger partial charge is 0.464 e. The maximum atomic E-state index is 11.4. The molecule has 0 aromatic rings. The Kier molecular flexibility index (Phi) is 4.39. The molecule has 1 amide bonds. The molecule has 0 radical (unpaired) electrons. The van der Waals surface area contributed by atoms with Crippen LogP contribution in [0.2, 0.25) is 0 Å². The minimum Gasteiger partial charge on any atom is -0.464 e. The number of rotatable bonds is 5. The lowest BCUT2D eigenvalue weighted by atomic mass is 10.2. The van der Waals surface area contributed by atoms with Crippen LogP contribution in [0, 0.1) is 0 Å². The number of ether oxygens (including phenoxy) is 1. The van der Waals surface area contributed by atoms with E-state index in [1.54, 1.807) is 0 Å². The van der Waals surface area contributed by atoms with Gasteiger partial charge in [0.1, 0.15) is 6.04 Å². The van der Waals surface area contributed by atoms with E-state index in [0.29, 0.717) is 25.8 Å². The Labute approximate surface area is 82.6 Å². The van der Waals surface area contributed by atoms with E-state index in [-0.39, 0.29) is 19.2 Å². The lowest BCUT2D eigenvalue weighted by Crippen LogP contribution is -2.36. The van der Waals surface area contributed by atoms with Gasteiger partial charge in [-0.3, -0.25) is 4.79 Å². The predicted molar refractivity (Wildman–Crippen MR) is 48.5 cm³/mol. The third-order valence-electron chi connectivity index (χ3n) is 2.25. The molecule has 0 aromatic carbocycles. The number of esters is 1. The number of carbonyl (C=O) groups is 2. The summed E-state index contributed by atoms with van der Waals surface area (Å²) in [5.41, 5.74) is 0. The Bertz CT molecular complexity index is 207. The minimum absolute atomic E-state index is 0.00927. The van der Waals surface area contributed by atoms with Crippen molar-refractivity contribution in [1.29, 1.82) is 0 Å². The van der Waals surface area contributed by atoms with E-state index in [0.717, 1.165) is 6.42 Å². The Morgan fingerprint density at radius 3 is 3.07 bits per heavy atom. The van der Waals surface area contributed by atoms with Crippen molar-refractivity contribution in [3.8, 4) is 0 Å². The molecule has 1 aliphatic rings. The first-order chi connectivity index (χ1) is 6.79. The van der Waals surface area contributed by atoms with E-state index in [1.165, 1.54) is 4.90 Å². The predicted octanol–water partition coefficient (Wildman–Crippen LogP) is -0.467. The molecule has 0 aromatic heterocycles. The van der Waals surface area contributed by atoms with Gasteiger partial charge in [0, 0.05) is 19.6 Å². The van der Waals surface area contributed by atoms with Gasteiger partial charge in [0.05, 0.1) is 6.61 Å². The van der Waals surface area contributed by atoms with E-state index in [4.69, 9.17) is 9.84 Å². The van der Waals surface area contributed by atoms with Crippen molar-refractivity contribution in [3.05, 3.63) is 0 Å². The van der Waals surface area contributed by atoms with Crippen molar-refractivity contribution in [1.82, 2.24) is 4.90 Å². The second-order valence-electron chi connectivity index (χ2n) is 3.25. The van der Waals surface area contributed by atoms with E-state index < -0.39 is 6.04 Å². The summed E-state index contributed by atoms with van der Waals surface area (Å²) in [5.74, 6) is -0.358. The lowest BCUT2D eigenvalue weighted by molar-refractivity contribution is -0.151. The molecule has 5 heteroatoms. The molecule has 1 atom stereocenters. The molecule has 0 aliphatic carbocycles. The van der Waals surface area contributed by atoms with E-state index in [1.807, 2.05) is 0 Å². The first kappa shape index (κ1) is 11.0. The molecule has 0 bridgehead atoms. The summed E-state index contributed by atoms with van der Waals surface area (Å²) >= 11 is 0. The number of aliphatic hydroxyl groups is 1. The number of aliphatic hydroxyl groups excluding tert-OH is 1. The topological polar surface area (TPSA) is 66.8 Å². The Hall–Kier alpha value is -1.10. The highest BCUT2D eigenvalue weighted by atomic mass is 16.5. The van der Waals surface area contributed by atoms with Crippen LogP contribution in [0.15, 0.2) is 0 Å². The van der Waals surface area contributed by atoms with Gasteiger partial charge < -0.3 is 14.7 Å². The molecule has 80 valence electrons. The van der Waals surface area contributed by atoms with Crippen LogP contribution < -0.4 is 0 Å². The highest BCUT2D eigenvalue weighted by molar-refractivity contribution is 5.78.